The van der Waals surface area contributed by atoms with Crippen molar-refractivity contribution >= 4 is 17.8 Å². The van der Waals surface area contributed by atoms with Gasteiger partial charge in [0.15, 0.2) is 0 Å². The van der Waals surface area contributed by atoms with E-state index in [9.17, 15) is 9.59 Å². The van der Waals surface area contributed by atoms with Gasteiger partial charge in [-0.2, -0.15) is 0 Å². The van der Waals surface area contributed by atoms with Crippen LogP contribution in [0, 0.1) is 5.92 Å². The number of fused-ring (bicyclic) bond motifs is 1. The summed E-state index contributed by atoms with van der Waals surface area (Å²) in [6, 6.07) is 8.54. The number of benzene rings is 1. The van der Waals surface area contributed by atoms with Gasteiger partial charge >= 0.3 is 11.9 Å². The van der Waals surface area contributed by atoms with Gasteiger partial charge < -0.3 is 15.5 Å². The molecule has 0 aromatic heterocycles. The number of aryl methyl sites for hydroxylation is 1. The minimum atomic E-state index is -1.29. The van der Waals surface area contributed by atoms with Crippen LogP contribution in [-0.4, -0.2) is 40.6 Å². The third-order valence-corrected chi connectivity index (χ3v) is 4.63. The van der Waals surface area contributed by atoms with Crippen molar-refractivity contribution in [1.29, 1.82) is 0 Å². The fourth-order valence-electron chi connectivity index (χ4n) is 3.51. The Balaban J connectivity index is 1.60. The van der Waals surface area contributed by atoms with E-state index in [2.05, 4.69) is 34.6 Å². The number of hydrogen-bond acceptors (Lipinski definition) is 4. The molecule has 126 valence electrons. The number of rotatable bonds is 5. The van der Waals surface area contributed by atoms with E-state index in [4.69, 9.17) is 10.2 Å². The quantitative estimate of drug-likeness (QED) is 0.714. The maximum absolute atomic E-state index is 11.2. The molecule has 3 N–H and O–H groups in total. The van der Waals surface area contributed by atoms with Gasteiger partial charge in [0.05, 0.1) is 6.54 Å². The van der Waals surface area contributed by atoms with Gasteiger partial charge in [-0.05, 0) is 42.7 Å². The summed E-state index contributed by atoms with van der Waals surface area (Å²) in [4.78, 5) is 26.2. The summed E-state index contributed by atoms with van der Waals surface area (Å²) in [6.07, 6.45) is 4.80. The maximum Gasteiger partial charge on any atom is 0.339 e. The molecule has 2 atom stereocenters. The first-order valence-corrected chi connectivity index (χ1v) is 8.09. The Labute approximate surface area is 139 Å². The normalized spacial score (nSPS) is 23.2. The van der Waals surface area contributed by atoms with E-state index in [0.29, 0.717) is 18.5 Å². The lowest BCUT2D eigenvalue weighted by molar-refractivity contribution is -0.134. The SMILES string of the molecule is O=C(O)/C=C(/C(=O)O)C1=NCC(CC2CCc3ccccc3C2)N1. The molecule has 24 heavy (non-hydrogen) atoms. The highest BCUT2D eigenvalue weighted by molar-refractivity contribution is 6.21. The third kappa shape index (κ3) is 3.64. The Kier molecular flexibility index (Phi) is 4.64. The highest BCUT2D eigenvalue weighted by Crippen LogP contribution is 2.29. The standard InChI is InChI=1S/C18H20N2O4/c21-16(22)9-15(18(23)24)17-19-10-14(20-17)8-11-5-6-12-3-1-2-4-13(12)7-11/h1-4,9,11,14H,5-8,10H2,(H,19,20)(H,21,22)(H,23,24)/b15-9+. The second kappa shape index (κ2) is 6.86. The molecule has 0 spiro atoms. The summed E-state index contributed by atoms with van der Waals surface area (Å²) < 4.78 is 0. The van der Waals surface area contributed by atoms with E-state index in [1.54, 1.807) is 0 Å². The van der Waals surface area contributed by atoms with Crippen LogP contribution in [0.5, 0.6) is 0 Å². The number of nitrogens with one attached hydrogen (secondary N) is 1. The van der Waals surface area contributed by atoms with Crippen LogP contribution < -0.4 is 5.32 Å². The van der Waals surface area contributed by atoms with Crippen LogP contribution in [0.15, 0.2) is 40.9 Å². The average molecular weight is 328 g/mol. The predicted octanol–water partition coefficient (Wildman–Crippen LogP) is 1.65. The molecular formula is C18H20N2O4. The summed E-state index contributed by atoms with van der Waals surface area (Å²) in [6.45, 7) is 0.484. The van der Waals surface area contributed by atoms with Crippen molar-refractivity contribution in [2.75, 3.05) is 6.54 Å². The molecule has 0 bridgehead atoms. The highest BCUT2D eigenvalue weighted by Gasteiger charge is 2.28. The lowest BCUT2D eigenvalue weighted by atomic mass is 9.81. The zero-order valence-electron chi connectivity index (χ0n) is 13.2. The zero-order valence-corrected chi connectivity index (χ0v) is 13.2. The highest BCUT2D eigenvalue weighted by atomic mass is 16.4. The van der Waals surface area contributed by atoms with Gasteiger partial charge in [0.2, 0.25) is 0 Å². The Morgan fingerprint density at radius 1 is 1.25 bits per heavy atom. The van der Waals surface area contributed by atoms with E-state index in [0.717, 1.165) is 25.7 Å². The van der Waals surface area contributed by atoms with Gasteiger partial charge in [-0.1, -0.05) is 24.3 Å². The fourth-order valence-corrected chi connectivity index (χ4v) is 3.51. The van der Waals surface area contributed by atoms with Crippen LogP contribution in [0.1, 0.15) is 24.0 Å². The third-order valence-electron chi connectivity index (χ3n) is 4.63. The number of hydrogen-bond donors (Lipinski definition) is 3. The fraction of sp³-hybridized carbons (Fsp3) is 0.389. The number of amidine groups is 1. The molecule has 6 heteroatoms. The van der Waals surface area contributed by atoms with Gasteiger partial charge in [0.25, 0.3) is 0 Å². The van der Waals surface area contributed by atoms with Crippen LogP contribution in [0.3, 0.4) is 0 Å². The molecule has 1 aliphatic carbocycles. The lowest BCUT2D eigenvalue weighted by Crippen LogP contribution is -2.35. The first-order valence-electron chi connectivity index (χ1n) is 8.09. The second-order valence-corrected chi connectivity index (χ2v) is 6.35. The summed E-state index contributed by atoms with van der Waals surface area (Å²) in [5.74, 6) is -1.87. The van der Waals surface area contributed by atoms with E-state index in [-0.39, 0.29) is 17.5 Å². The van der Waals surface area contributed by atoms with Gasteiger partial charge in [0, 0.05) is 12.1 Å². The maximum atomic E-state index is 11.2. The molecule has 3 rings (SSSR count). The summed E-state index contributed by atoms with van der Waals surface area (Å²) in [7, 11) is 0. The van der Waals surface area contributed by atoms with Crippen LogP contribution >= 0.6 is 0 Å². The molecule has 0 saturated carbocycles. The van der Waals surface area contributed by atoms with Crippen molar-refractivity contribution in [1.82, 2.24) is 5.32 Å². The topological polar surface area (TPSA) is 99.0 Å². The van der Waals surface area contributed by atoms with E-state index < -0.39 is 11.9 Å². The Hall–Kier alpha value is -2.63. The molecule has 2 aliphatic rings. The van der Waals surface area contributed by atoms with Crippen molar-refractivity contribution in [2.45, 2.75) is 31.7 Å². The molecule has 1 aromatic carbocycles. The number of aliphatic carboxylic acids is 2. The molecule has 0 amide bonds. The molecule has 1 aromatic rings. The number of carboxylic acids is 2. The molecule has 2 unspecified atom stereocenters. The van der Waals surface area contributed by atoms with Crippen molar-refractivity contribution in [3.63, 3.8) is 0 Å². The summed E-state index contributed by atoms with van der Waals surface area (Å²) in [5.41, 5.74) is 2.52. The lowest BCUT2D eigenvalue weighted by Gasteiger charge is -2.26. The molecule has 1 heterocycles. The van der Waals surface area contributed by atoms with E-state index >= 15 is 0 Å². The molecule has 0 saturated heterocycles. The first-order chi connectivity index (χ1) is 11.5. The second-order valence-electron chi connectivity index (χ2n) is 6.35. The van der Waals surface area contributed by atoms with Crippen LogP contribution in [0.25, 0.3) is 0 Å². The minimum Gasteiger partial charge on any atom is -0.478 e. The zero-order chi connectivity index (χ0) is 17.1. The van der Waals surface area contributed by atoms with Gasteiger partial charge in [-0.15, -0.1) is 0 Å². The van der Waals surface area contributed by atoms with Crippen molar-refractivity contribution in [3.05, 3.63) is 47.0 Å². The monoisotopic (exact) mass is 328 g/mol. The van der Waals surface area contributed by atoms with Crippen LogP contribution in [-0.2, 0) is 22.4 Å². The van der Waals surface area contributed by atoms with Crippen molar-refractivity contribution < 1.29 is 19.8 Å². The Morgan fingerprint density at radius 3 is 2.71 bits per heavy atom. The van der Waals surface area contributed by atoms with Crippen LogP contribution in [0.4, 0.5) is 0 Å². The predicted molar refractivity (Wildman–Crippen MR) is 89.2 cm³/mol. The average Bonchev–Trinajstić information content (AvgIpc) is 3.00. The molecular weight excluding hydrogens is 308 g/mol. The largest absolute Gasteiger partial charge is 0.478 e. The van der Waals surface area contributed by atoms with E-state index in [1.807, 2.05) is 0 Å². The van der Waals surface area contributed by atoms with Crippen molar-refractivity contribution in [3.8, 4) is 0 Å². The number of aliphatic imine (C=N–C) groups is 1. The molecule has 0 fully saturated rings. The first kappa shape index (κ1) is 16.2. The minimum absolute atomic E-state index is 0.0619. The number of nitrogens with zero attached hydrogens (tertiary/aromatic N) is 1. The van der Waals surface area contributed by atoms with Gasteiger partial charge in [-0.25, -0.2) is 9.59 Å². The smallest absolute Gasteiger partial charge is 0.339 e. The van der Waals surface area contributed by atoms with Crippen LogP contribution in [0.2, 0.25) is 0 Å². The van der Waals surface area contributed by atoms with Gasteiger partial charge in [0.1, 0.15) is 11.4 Å². The molecule has 1 aliphatic heterocycles. The Morgan fingerprint density at radius 2 is 2.00 bits per heavy atom. The summed E-state index contributed by atoms with van der Waals surface area (Å²) in [5, 5.41) is 21.0. The molecule has 6 nitrogen and oxygen atoms in total. The number of carbonyl (C=O) groups is 2. The van der Waals surface area contributed by atoms with E-state index in [1.165, 1.54) is 11.1 Å². The Bertz CT molecular complexity index is 723. The number of carboxylic acid groups (broad SMARTS) is 2. The summed E-state index contributed by atoms with van der Waals surface area (Å²) >= 11 is 0. The van der Waals surface area contributed by atoms with Crippen molar-refractivity contribution in [2.24, 2.45) is 10.9 Å². The van der Waals surface area contributed by atoms with Gasteiger partial charge in [-0.3, -0.25) is 4.99 Å². The molecule has 0 radical (unpaired) electrons.